The molecule has 3 aromatic carbocycles. The van der Waals surface area contributed by atoms with Gasteiger partial charge in [-0.05, 0) is 36.4 Å². The largest absolute Gasteiger partial charge is 0.465 e. The van der Waals surface area contributed by atoms with Crippen LogP contribution in [0.5, 0.6) is 0 Å². The molecule has 3 aromatic rings. The maximum atomic E-state index is 11.4. The van der Waals surface area contributed by atoms with Crippen LogP contribution in [0.3, 0.4) is 0 Å². The zero-order chi connectivity index (χ0) is 18.4. The minimum atomic E-state index is -1.95. The molecule has 0 aromatic heterocycles. The maximum Gasteiger partial charge on any atom is 0.407 e. The minimum Gasteiger partial charge on any atom is -0.465 e. The smallest absolute Gasteiger partial charge is 0.407 e. The van der Waals surface area contributed by atoms with E-state index < -0.39 is 13.4 Å². The van der Waals surface area contributed by atoms with Crippen molar-refractivity contribution in [2.75, 3.05) is 19.8 Å². The highest BCUT2D eigenvalue weighted by molar-refractivity contribution is 7.95. The molecule has 3 rings (SSSR count). The van der Waals surface area contributed by atoms with Crippen LogP contribution in [0.15, 0.2) is 91.0 Å². The number of rotatable bonds is 6. The normalized spacial score (nSPS) is 11.1. The Morgan fingerprint density at radius 2 is 1.12 bits per heavy atom. The number of amides is 1. The van der Waals surface area contributed by atoms with Gasteiger partial charge in [-0.3, -0.25) is 0 Å². The second-order valence-corrected chi connectivity index (χ2v) is 9.86. The van der Waals surface area contributed by atoms with E-state index >= 15 is 0 Å². The Morgan fingerprint density at radius 3 is 1.42 bits per heavy atom. The average Bonchev–Trinajstić information content (AvgIpc) is 2.70. The van der Waals surface area contributed by atoms with Crippen LogP contribution >= 0.6 is 7.26 Å². The van der Waals surface area contributed by atoms with E-state index in [0.717, 1.165) is 6.16 Å². The monoisotopic (exact) mass is 364 g/mol. The Balaban J connectivity index is 2.19. The van der Waals surface area contributed by atoms with E-state index in [1.807, 2.05) is 18.2 Å². The lowest BCUT2D eigenvalue weighted by atomic mass is 10.4. The molecule has 0 bridgehead atoms. The fourth-order valence-electron chi connectivity index (χ4n) is 3.28. The third-order valence-electron chi connectivity index (χ3n) is 4.69. The molecule has 1 amide bonds. The van der Waals surface area contributed by atoms with E-state index in [1.54, 1.807) is 7.05 Å². The Bertz CT molecular complexity index is 741. The van der Waals surface area contributed by atoms with Crippen LogP contribution in [0.1, 0.15) is 0 Å². The maximum absolute atomic E-state index is 11.4. The van der Waals surface area contributed by atoms with Crippen LogP contribution in [0.2, 0.25) is 0 Å². The van der Waals surface area contributed by atoms with Crippen LogP contribution in [0.4, 0.5) is 4.79 Å². The van der Waals surface area contributed by atoms with Gasteiger partial charge in [0.1, 0.15) is 23.2 Å². The van der Waals surface area contributed by atoms with Gasteiger partial charge in [0.2, 0.25) is 0 Å². The summed E-state index contributed by atoms with van der Waals surface area (Å²) in [6.07, 6.45) is -0.120. The molecule has 0 fully saturated rings. The van der Waals surface area contributed by atoms with Crippen molar-refractivity contribution in [3.8, 4) is 0 Å². The molecule has 1 N–H and O–H groups in total. The summed E-state index contributed by atoms with van der Waals surface area (Å²) < 4.78 is 0. The van der Waals surface area contributed by atoms with E-state index in [1.165, 1.54) is 20.8 Å². The molecule has 26 heavy (non-hydrogen) atoms. The van der Waals surface area contributed by atoms with E-state index in [0.29, 0.717) is 6.54 Å². The zero-order valence-corrected chi connectivity index (χ0v) is 15.7. The van der Waals surface area contributed by atoms with Crippen molar-refractivity contribution in [1.82, 2.24) is 4.90 Å². The second kappa shape index (κ2) is 8.16. The fraction of sp³-hybridized carbons (Fsp3) is 0.136. The van der Waals surface area contributed by atoms with Gasteiger partial charge in [0.15, 0.2) is 0 Å². The highest BCUT2D eigenvalue weighted by Crippen LogP contribution is 2.55. The SMILES string of the molecule is CN(CC[P+](c1ccccc1)(c1ccccc1)c1ccccc1)C(=O)O. The predicted molar refractivity (Wildman–Crippen MR) is 111 cm³/mol. The minimum absolute atomic E-state index is 0.488. The molecule has 0 radical (unpaired) electrons. The number of carboxylic acid groups (broad SMARTS) is 1. The van der Waals surface area contributed by atoms with Crippen molar-refractivity contribution >= 4 is 29.3 Å². The van der Waals surface area contributed by atoms with Crippen LogP contribution in [-0.2, 0) is 0 Å². The van der Waals surface area contributed by atoms with Crippen molar-refractivity contribution in [2.45, 2.75) is 0 Å². The van der Waals surface area contributed by atoms with Crippen LogP contribution in [-0.4, -0.2) is 35.9 Å². The summed E-state index contributed by atoms with van der Waals surface area (Å²) in [5, 5.41) is 13.2. The van der Waals surface area contributed by atoms with Gasteiger partial charge in [0.05, 0.1) is 12.7 Å². The molecule has 0 aliphatic carbocycles. The van der Waals surface area contributed by atoms with Gasteiger partial charge in [-0.2, -0.15) is 0 Å². The van der Waals surface area contributed by atoms with E-state index in [2.05, 4.69) is 72.8 Å². The summed E-state index contributed by atoms with van der Waals surface area (Å²) in [6, 6.07) is 31.5. The number of hydrogen-bond donors (Lipinski definition) is 1. The number of hydrogen-bond acceptors (Lipinski definition) is 1. The Kier molecular flexibility index (Phi) is 5.70. The molecular weight excluding hydrogens is 341 g/mol. The van der Waals surface area contributed by atoms with Gasteiger partial charge in [-0.15, -0.1) is 0 Å². The summed E-state index contributed by atoms with van der Waals surface area (Å²) >= 11 is 0. The third-order valence-corrected chi connectivity index (χ3v) is 9.10. The molecule has 0 saturated carbocycles. The highest BCUT2D eigenvalue weighted by Gasteiger charge is 2.45. The van der Waals surface area contributed by atoms with E-state index in [-0.39, 0.29) is 0 Å². The van der Waals surface area contributed by atoms with Crippen molar-refractivity contribution in [1.29, 1.82) is 0 Å². The van der Waals surface area contributed by atoms with Crippen molar-refractivity contribution < 1.29 is 9.90 Å². The lowest BCUT2D eigenvalue weighted by Gasteiger charge is -2.29. The molecule has 0 aliphatic rings. The Labute approximate surface area is 155 Å². The first-order chi connectivity index (χ1) is 12.6. The Hall–Kier alpha value is -2.64. The third kappa shape index (κ3) is 3.63. The van der Waals surface area contributed by atoms with Gasteiger partial charge in [-0.1, -0.05) is 54.6 Å². The fourth-order valence-corrected chi connectivity index (χ4v) is 7.59. The predicted octanol–water partition coefficient (Wildman–Crippen LogP) is 3.59. The molecule has 0 aliphatic heterocycles. The summed E-state index contributed by atoms with van der Waals surface area (Å²) in [5.74, 6) is 0. The van der Waals surface area contributed by atoms with E-state index in [9.17, 15) is 9.90 Å². The van der Waals surface area contributed by atoms with Crippen LogP contribution in [0.25, 0.3) is 0 Å². The number of carbonyl (C=O) groups is 1. The quantitative estimate of drug-likeness (QED) is 0.679. The molecule has 0 spiro atoms. The number of benzene rings is 3. The zero-order valence-electron chi connectivity index (χ0n) is 14.8. The van der Waals surface area contributed by atoms with Gasteiger partial charge in [0.25, 0.3) is 0 Å². The van der Waals surface area contributed by atoms with Crippen molar-refractivity contribution in [3.63, 3.8) is 0 Å². The lowest BCUT2D eigenvalue weighted by molar-refractivity contribution is 0.158. The van der Waals surface area contributed by atoms with Crippen molar-refractivity contribution in [2.24, 2.45) is 0 Å². The number of nitrogens with zero attached hydrogens (tertiary/aromatic N) is 1. The first kappa shape index (κ1) is 18.2. The molecular formula is C22H23NO2P+. The topological polar surface area (TPSA) is 40.5 Å². The molecule has 3 nitrogen and oxygen atoms in total. The molecule has 0 heterocycles. The molecule has 0 unspecified atom stereocenters. The second-order valence-electron chi connectivity index (χ2n) is 6.24. The summed E-state index contributed by atoms with van der Waals surface area (Å²) in [4.78, 5) is 12.7. The van der Waals surface area contributed by atoms with E-state index in [4.69, 9.17) is 0 Å². The Morgan fingerprint density at radius 1 is 0.769 bits per heavy atom. The van der Waals surface area contributed by atoms with Crippen LogP contribution in [0, 0.1) is 0 Å². The average molecular weight is 364 g/mol. The van der Waals surface area contributed by atoms with Crippen molar-refractivity contribution in [3.05, 3.63) is 91.0 Å². The highest BCUT2D eigenvalue weighted by atomic mass is 31.2. The summed E-state index contributed by atoms with van der Waals surface area (Å²) in [5.41, 5.74) is 0. The van der Waals surface area contributed by atoms with Gasteiger partial charge >= 0.3 is 6.09 Å². The molecule has 132 valence electrons. The molecule has 0 atom stereocenters. The molecule has 0 saturated heterocycles. The standard InChI is InChI=1S/C22H22NO2P/c1-23(22(24)25)17-18-26(19-11-5-2-6-12-19,20-13-7-3-8-14-20)21-15-9-4-10-16-21/h2-16H,17-18H2,1H3/p+1. The first-order valence-corrected chi connectivity index (χ1v) is 10.6. The van der Waals surface area contributed by atoms with Gasteiger partial charge in [0, 0.05) is 7.05 Å². The summed E-state index contributed by atoms with van der Waals surface area (Å²) in [6.45, 7) is 0.488. The van der Waals surface area contributed by atoms with Gasteiger partial charge < -0.3 is 10.0 Å². The first-order valence-electron chi connectivity index (χ1n) is 8.63. The summed E-state index contributed by atoms with van der Waals surface area (Å²) in [7, 11) is -0.315. The molecule has 4 heteroatoms. The lowest BCUT2D eigenvalue weighted by Crippen LogP contribution is -2.38. The van der Waals surface area contributed by atoms with Crippen LogP contribution < -0.4 is 15.9 Å². The van der Waals surface area contributed by atoms with Gasteiger partial charge in [-0.25, -0.2) is 4.79 Å².